The molecule has 0 unspecified atom stereocenters. The van der Waals surface area contributed by atoms with Gasteiger partial charge in [0.25, 0.3) is 0 Å². The van der Waals surface area contributed by atoms with Gasteiger partial charge in [-0.3, -0.25) is 0 Å². The quantitative estimate of drug-likeness (QED) is 0.521. The van der Waals surface area contributed by atoms with Gasteiger partial charge in [0.15, 0.2) is 0 Å². The third-order valence-corrected chi connectivity index (χ3v) is 7.46. The van der Waals surface area contributed by atoms with Gasteiger partial charge in [0.05, 0.1) is 11.4 Å². The Labute approximate surface area is 202 Å². The Bertz CT molecular complexity index is 746. The molecule has 2 aliphatic rings. The van der Waals surface area contributed by atoms with Crippen LogP contribution in [0, 0.1) is 11.3 Å². The van der Waals surface area contributed by atoms with Crippen LogP contribution >= 0.6 is 11.8 Å². The zero-order valence-corrected chi connectivity index (χ0v) is 22.3. The highest BCUT2D eigenvalue weighted by Gasteiger charge is 2.22. The molecule has 0 radical (unpaired) electrons. The molecule has 1 N–H and O–H groups in total. The first-order valence-electron chi connectivity index (χ1n) is 12.4. The van der Waals surface area contributed by atoms with Gasteiger partial charge in [-0.1, -0.05) is 84.5 Å². The van der Waals surface area contributed by atoms with Crippen LogP contribution in [0.1, 0.15) is 54.9 Å². The lowest BCUT2D eigenvalue weighted by Gasteiger charge is -2.34. The van der Waals surface area contributed by atoms with Gasteiger partial charge in [0.1, 0.15) is 0 Å². The van der Waals surface area contributed by atoms with Crippen molar-refractivity contribution in [1.29, 1.82) is 0 Å². The Morgan fingerprint density at radius 2 is 1.31 bits per heavy atom. The molecule has 0 amide bonds. The van der Waals surface area contributed by atoms with Crippen molar-refractivity contribution in [3.05, 3.63) is 48.5 Å². The molecule has 0 saturated carbocycles. The molecule has 2 aromatic carbocycles. The average molecular weight is 456 g/mol. The second-order valence-electron chi connectivity index (χ2n) is 9.66. The maximum absolute atomic E-state index is 3.43. The molecule has 178 valence electrons. The molecule has 0 spiro atoms. The molecule has 0 aliphatic carbocycles. The van der Waals surface area contributed by atoms with Crippen molar-refractivity contribution >= 4 is 23.1 Å². The summed E-state index contributed by atoms with van der Waals surface area (Å²) in [5, 5.41) is 3.43. The standard InChI is InChI=1S/C19H23N3S.C7H16.C2H6/c1-3-8-18-16(6-1)22(17-7-2-4-9-19(17)23-18)13-5-12-21-14-10-20-11-15-21;1-6(2)7(3,4)5;1-2/h1-4,6-9,20H,5,10-15H2;6H,1-5H3;1-2H3. The van der Waals surface area contributed by atoms with Gasteiger partial charge in [-0.25, -0.2) is 0 Å². The topological polar surface area (TPSA) is 18.5 Å². The zero-order chi connectivity index (χ0) is 23.6. The van der Waals surface area contributed by atoms with Crippen LogP contribution in [0.3, 0.4) is 0 Å². The third kappa shape index (κ3) is 7.83. The van der Waals surface area contributed by atoms with E-state index in [9.17, 15) is 0 Å². The Morgan fingerprint density at radius 1 is 0.844 bits per heavy atom. The van der Waals surface area contributed by atoms with Crippen molar-refractivity contribution in [2.45, 2.75) is 64.7 Å². The normalized spacial score (nSPS) is 15.7. The monoisotopic (exact) mass is 455 g/mol. The van der Waals surface area contributed by atoms with Gasteiger partial charge in [-0.2, -0.15) is 0 Å². The molecule has 1 saturated heterocycles. The second-order valence-corrected chi connectivity index (χ2v) is 10.7. The van der Waals surface area contributed by atoms with Gasteiger partial charge in [-0.15, -0.1) is 0 Å². The van der Waals surface area contributed by atoms with E-state index in [1.165, 1.54) is 47.2 Å². The van der Waals surface area contributed by atoms with E-state index < -0.39 is 0 Å². The Kier molecular flexibility index (Phi) is 11.1. The molecular formula is C28H45N3S. The van der Waals surface area contributed by atoms with Crippen LogP contribution in [0.15, 0.2) is 58.3 Å². The van der Waals surface area contributed by atoms with E-state index >= 15 is 0 Å². The van der Waals surface area contributed by atoms with Crippen LogP contribution in [-0.2, 0) is 0 Å². The smallest absolute Gasteiger partial charge is 0.0552 e. The molecule has 32 heavy (non-hydrogen) atoms. The van der Waals surface area contributed by atoms with Gasteiger partial charge < -0.3 is 15.1 Å². The number of para-hydroxylation sites is 2. The van der Waals surface area contributed by atoms with Crippen molar-refractivity contribution in [1.82, 2.24) is 10.2 Å². The van der Waals surface area contributed by atoms with Crippen molar-refractivity contribution in [2.24, 2.45) is 11.3 Å². The van der Waals surface area contributed by atoms with Crippen molar-refractivity contribution in [3.8, 4) is 0 Å². The number of nitrogens with zero attached hydrogens (tertiary/aromatic N) is 2. The maximum atomic E-state index is 3.43. The van der Waals surface area contributed by atoms with Gasteiger partial charge in [-0.05, 0) is 48.6 Å². The number of fused-ring (bicyclic) bond motifs is 2. The number of hydrogen-bond donors (Lipinski definition) is 1. The van der Waals surface area contributed by atoms with Gasteiger partial charge >= 0.3 is 0 Å². The summed E-state index contributed by atoms with van der Waals surface area (Å²) in [6.45, 7) is 22.2. The minimum Gasteiger partial charge on any atom is -0.340 e. The lowest BCUT2D eigenvalue weighted by molar-refractivity contribution is 0.239. The first-order valence-corrected chi connectivity index (χ1v) is 13.2. The van der Waals surface area contributed by atoms with Crippen LogP contribution < -0.4 is 10.2 Å². The average Bonchev–Trinajstić information content (AvgIpc) is 2.80. The van der Waals surface area contributed by atoms with E-state index in [4.69, 9.17) is 0 Å². The summed E-state index contributed by atoms with van der Waals surface area (Å²) in [5.74, 6) is 0.799. The van der Waals surface area contributed by atoms with Crippen LogP contribution in [-0.4, -0.2) is 44.2 Å². The summed E-state index contributed by atoms with van der Waals surface area (Å²) in [4.78, 5) is 7.82. The summed E-state index contributed by atoms with van der Waals surface area (Å²) < 4.78 is 0. The minimum absolute atomic E-state index is 0.500. The summed E-state index contributed by atoms with van der Waals surface area (Å²) in [6, 6.07) is 17.6. The molecule has 4 rings (SSSR count). The lowest BCUT2D eigenvalue weighted by atomic mass is 9.84. The van der Waals surface area contributed by atoms with Crippen LogP contribution in [0.4, 0.5) is 11.4 Å². The fourth-order valence-electron chi connectivity index (χ4n) is 3.41. The minimum atomic E-state index is 0.500. The van der Waals surface area contributed by atoms with Crippen molar-refractivity contribution < 1.29 is 0 Å². The van der Waals surface area contributed by atoms with Gasteiger partial charge in [0.2, 0.25) is 0 Å². The van der Waals surface area contributed by atoms with E-state index in [1.54, 1.807) is 0 Å². The van der Waals surface area contributed by atoms with E-state index in [-0.39, 0.29) is 0 Å². The first kappa shape index (κ1) is 26.8. The molecule has 0 aromatic heterocycles. The SMILES string of the molecule is CC.CC(C)C(C)(C)C.c1ccc2c(c1)Sc1ccccc1N2CCCN1CCNCC1. The van der Waals surface area contributed by atoms with E-state index in [0.29, 0.717) is 5.41 Å². The predicted molar refractivity (Wildman–Crippen MR) is 144 cm³/mol. The van der Waals surface area contributed by atoms with Crippen molar-refractivity contribution in [2.75, 3.05) is 44.2 Å². The number of anilines is 2. The first-order chi connectivity index (χ1) is 15.4. The molecule has 1 fully saturated rings. The van der Waals surface area contributed by atoms with Crippen molar-refractivity contribution in [3.63, 3.8) is 0 Å². The van der Waals surface area contributed by atoms with E-state index in [1.807, 2.05) is 25.6 Å². The van der Waals surface area contributed by atoms with E-state index in [2.05, 4.69) is 98.3 Å². The second kappa shape index (κ2) is 13.3. The molecule has 0 atom stereocenters. The Morgan fingerprint density at radius 3 is 1.78 bits per heavy atom. The number of hydrogen-bond acceptors (Lipinski definition) is 4. The summed E-state index contributed by atoms with van der Waals surface area (Å²) in [5.41, 5.74) is 3.22. The summed E-state index contributed by atoms with van der Waals surface area (Å²) >= 11 is 1.89. The Balaban J connectivity index is 0.000000348. The largest absolute Gasteiger partial charge is 0.340 e. The highest BCUT2D eigenvalue weighted by molar-refractivity contribution is 7.99. The number of piperazine rings is 1. The highest BCUT2D eigenvalue weighted by atomic mass is 32.2. The van der Waals surface area contributed by atoms with Crippen LogP contribution in [0.2, 0.25) is 0 Å². The molecule has 2 aromatic rings. The fraction of sp³-hybridized carbons (Fsp3) is 0.571. The molecule has 0 bridgehead atoms. The molecule has 4 heteroatoms. The predicted octanol–water partition coefficient (Wildman–Crippen LogP) is 7.30. The highest BCUT2D eigenvalue weighted by Crippen LogP contribution is 2.47. The summed E-state index contributed by atoms with van der Waals surface area (Å²) in [6.07, 6.45) is 1.20. The molecular weight excluding hydrogens is 410 g/mol. The molecule has 2 heterocycles. The number of benzene rings is 2. The Hall–Kier alpha value is -1.49. The van der Waals surface area contributed by atoms with Crippen LogP contribution in [0.25, 0.3) is 0 Å². The summed E-state index contributed by atoms with van der Waals surface area (Å²) in [7, 11) is 0. The van der Waals surface area contributed by atoms with E-state index in [0.717, 1.165) is 25.6 Å². The maximum Gasteiger partial charge on any atom is 0.0552 e. The molecule has 2 aliphatic heterocycles. The van der Waals surface area contributed by atoms with Crippen LogP contribution in [0.5, 0.6) is 0 Å². The fourth-order valence-corrected chi connectivity index (χ4v) is 4.50. The number of nitrogens with one attached hydrogen (secondary N) is 1. The van der Waals surface area contributed by atoms with Gasteiger partial charge in [0, 0.05) is 42.5 Å². The number of rotatable bonds is 4. The molecule has 3 nitrogen and oxygen atoms in total. The zero-order valence-electron chi connectivity index (χ0n) is 21.4. The lowest BCUT2D eigenvalue weighted by Crippen LogP contribution is -2.44. The third-order valence-electron chi connectivity index (χ3n) is 6.33.